The van der Waals surface area contributed by atoms with Crippen molar-refractivity contribution in [2.45, 2.75) is 32.3 Å². The monoisotopic (exact) mass is 300 g/mol. The number of halogens is 1. The van der Waals surface area contributed by atoms with Gasteiger partial charge in [-0.2, -0.15) is 0 Å². The highest BCUT2D eigenvalue weighted by Gasteiger charge is 2.25. The lowest BCUT2D eigenvalue weighted by Crippen LogP contribution is -2.42. The minimum Gasteiger partial charge on any atom is -0.388 e. The van der Waals surface area contributed by atoms with E-state index in [1.54, 1.807) is 13.8 Å². The Hall–Kier alpha value is -1.66. The highest BCUT2D eigenvalue weighted by atomic mass is 35.5. The van der Waals surface area contributed by atoms with E-state index in [0.29, 0.717) is 12.8 Å². The number of amides is 1. The topological polar surface area (TPSA) is 92.5 Å². The van der Waals surface area contributed by atoms with E-state index >= 15 is 0 Å². The first-order chi connectivity index (χ1) is 9.33. The number of hydrogen-bond acceptors (Lipinski definition) is 4. The van der Waals surface area contributed by atoms with Crippen LogP contribution in [0.4, 0.5) is 5.69 Å². The van der Waals surface area contributed by atoms with Crippen molar-refractivity contribution >= 4 is 23.2 Å². The SMILES string of the molecule is CCC(O)(CC)CNC(=O)c1ccc(Cl)cc1[N+](=O)[O-]. The Kier molecular flexibility index (Phi) is 5.47. The molecule has 0 heterocycles. The largest absolute Gasteiger partial charge is 0.388 e. The molecule has 2 N–H and O–H groups in total. The molecule has 0 spiro atoms. The number of rotatable bonds is 6. The minimum atomic E-state index is -1.00. The molecule has 0 fully saturated rings. The van der Waals surface area contributed by atoms with Crippen LogP contribution in [0.3, 0.4) is 0 Å². The number of nitro benzene ring substituents is 1. The van der Waals surface area contributed by atoms with E-state index in [-0.39, 0.29) is 22.8 Å². The predicted octanol–water partition coefficient (Wildman–Crippen LogP) is 2.53. The van der Waals surface area contributed by atoms with Crippen molar-refractivity contribution in [2.75, 3.05) is 6.54 Å². The third-order valence-electron chi connectivity index (χ3n) is 3.30. The summed E-state index contributed by atoms with van der Waals surface area (Å²) in [7, 11) is 0. The molecule has 0 saturated carbocycles. The third-order valence-corrected chi connectivity index (χ3v) is 3.53. The highest BCUT2D eigenvalue weighted by Crippen LogP contribution is 2.23. The number of nitrogens with zero attached hydrogens (tertiary/aromatic N) is 1. The van der Waals surface area contributed by atoms with Gasteiger partial charge in [0.05, 0.1) is 10.5 Å². The number of carbonyl (C=O) groups excluding carboxylic acids is 1. The van der Waals surface area contributed by atoms with Gasteiger partial charge in [-0.3, -0.25) is 14.9 Å². The lowest BCUT2D eigenvalue weighted by molar-refractivity contribution is -0.385. The zero-order chi connectivity index (χ0) is 15.3. The third kappa shape index (κ3) is 3.91. The van der Waals surface area contributed by atoms with Gasteiger partial charge in [0.25, 0.3) is 11.6 Å². The molecule has 1 amide bonds. The van der Waals surface area contributed by atoms with Crippen LogP contribution in [0.2, 0.25) is 5.02 Å². The van der Waals surface area contributed by atoms with Crippen LogP contribution in [0.25, 0.3) is 0 Å². The summed E-state index contributed by atoms with van der Waals surface area (Å²) in [6, 6.07) is 3.84. The molecule has 1 aromatic carbocycles. The number of aliphatic hydroxyl groups is 1. The summed E-state index contributed by atoms with van der Waals surface area (Å²) in [4.78, 5) is 22.2. The second-order valence-electron chi connectivity index (χ2n) is 4.53. The van der Waals surface area contributed by atoms with Crippen LogP contribution in [-0.2, 0) is 0 Å². The first-order valence-corrected chi connectivity index (χ1v) is 6.65. The summed E-state index contributed by atoms with van der Waals surface area (Å²) in [5.41, 5.74) is -1.43. The van der Waals surface area contributed by atoms with Gasteiger partial charge >= 0.3 is 0 Å². The van der Waals surface area contributed by atoms with Gasteiger partial charge in [-0.1, -0.05) is 25.4 Å². The second kappa shape index (κ2) is 6.67. The van der Waals surface area contributed by atoms with Crippen LogP contribution in [0, 0.1) is 10.1 Å². The molecule has 6 nitrogen and oxygen atoms in total. The van der Waals surface area contributed by atoms with Crippen molar-refractivity contribution in [3.63, 3.8) is 0 Å². The Morgan fingerprint density at radius 1 is 1.45 bits per heavy atom. The van der Waals surface area contributed by atoms with E-state index < -0.39 is 16.4 Å². The molecule has 0 atom stereocenters. The van der Waals surface area contributed by atoms with Gasteiger partial charge in [0.15, 0.2) is 0 Å². The Labute approximate surface area is 121 Å². The molecule has 110 valence electrons. The molecule has 0 aliphatic rings. The van der Waals surface area contributed by atoms with Crippen molar-refractivity contribution in [3.8, 4) is 0 Å². The van der Waals surface area contributed by atoms with Crippen molar-refractivity contribution in [3.05, 3.63) is 38.9 Å². The maximum absolute atomic E-state index is 12.0. The molecule has 0 bridgehead atoms. The fourth-order valence-electron chi connectivity index (χ4n) is 1.69. The summed E-state index contributed by atoms with van der Waals surface area (Å²) in [6.07, 6.45) is 0.957. The van der Waals surface area contributed by atoms with Crippen LogP contribution in [0.1, 0.15) is 37.0 Å². The van der Waals surface area contributed by atoms with E-state index in [4.69, 9.17) is 11.6 Å². The molecule has 0 aliphatic carbocycles. The van der Waals surface area contributed by atoms with Crippen molar-refractivity contribution in [2.24, 2.45) is 0 Å². The standard InChI is InChI=1S/C13H17ClN2O4/c1-3-13(18,4-2)8-15-12(17)10-6-5-9(14)7-11(10)16(19)20/h5-7,18H,3-4,8H2,1-2H3,(H,15,17). The van der Waals surface area contributed by atoms with Gasteiger partial charge in [-0.25, -0.2) is 0 Å². The number of nitro groups is 1. The lowest BCUT2D eigenvalue weighted by Gasteiger charge is -2.25. The average Bonchev–Trinajstić information content (AvgIpc) is 2.44. The summed E-state index contributed by atoms with van der Waals surface area (Å²) in [5.74, 6) is -0.603. The molecule has 0 unspecified atom stereocenters. The lowest BCUT2D eigenvalue weighted by atomic mass is 9.97. The normalized spacial score (nSPS) is 11.2. The fraction of sp³-hybridized carbons (Fsp3) is 0.462. The van der Waals surface area contributed by atoms with Gasteiger partial charge in [0.2, 0.25) is 0 Å². The first kappa shape index (κ1) is 16.4. The van der Waals surface area contributed by atoms with Crippen LogP contribution < -0.4 is 5.32 Å². The molecule has 1 rings (SSSR count). The van der Waals surface area contributed by atoms with E-state index in [1.807, 2.05) is 0 Å². The highest BCUT2D eigenvalue weighted by molar-refractivity contribution is 6.31. The maximum atomic E-state index is 12.0. The fourth-order valence-corrected chi connectivity index (χ4v) is 1.85. The van der Waals surface area contributed by atoms with Crippen LogP contribution in [0.15, 0.2) is 18.2 Å². The van der Waals surface area contributed by atoms with Crippen LogP contribution in [0.5, 0.6) is 0 Å². The molecule has 0 saturated heterocycles. The quantitative estimate of drug-likeness (QED) is 0.623. The van der Waals surface area contributed by atoms with E-state index in [9.17, 15) is 20.0 Å². The Bertz CT molecular complexity index is 515. The summed E-state index contributed by atoms with van der Waals surface area (Å²) >= 11 is 5.68. The number of nitrogens with one attached hydrogen (secondary N) is 1. The molecular formula is C13H17ClN2O4. The number of hydrogen-bond donors (Lipinski definition) is 2. The molecular weight excluding hydrogens is 284 g/mol. The molecule has 0 aromatic heterocycles. The Balaban J connectivity index is 2.91. The second-order valence-corrected chi connectivity index (χ2v) is 4.97. The zero-order valence-corrected chi connectivity index (χ0v) is 12.1. The van der Waals surface area contributed by atoms with Crippen molar-refractivity contribution in [1.29, 1.82) is 0 Å². The Morgan fingerprint density at radius 2 is 2.05 bits per heavy atom. The maximum Gasteiger partial charge on any atom is 0.283 e. The summed E-state index contributed by atoms with van der Waals surface area (Å²) in [5, 5.41) is 23.7. The zero-order valence-electron chi connectivity index (χ0n) is 11.4. The number of benzene rings is 1. The van der Waals surface area contributed by atoms with Crippen molar-refractivity contribution in [1.82, 2.24) is 5.32 Å². The summed E-state index contributed by atoms with van der Waals surface area (Å²) < 4.78 is 0. The van der Waals surface area contributed by atoms with Crippen molar-refractivity contribution < 1.29 is 14.8 Å². The van der Waals surface area contributed by atoms with Gasteiger partial charge in [0, 0.05) is 17.6 Å². The van der Waals surface area contributed by atoms with Crippen LogP contribution in [-0.4, -0.2) is 28.1 Å². The van der Waals surface area contributed by atoms with E-state index in [2.05, 4.69) is 5.32 Å². The molecule has 20 heavy (non-hydrogen) atoms. The number of carbonyl (C=O) groups is 1. The smallest absolute Gasteiger partial charge is 0.283 e. The van der Waals surface area contributed by atoms with Gasteiger partial charge in [-0.05, 0) is 25.0 Å². The van der Waals surface area contributed by atoms with E-state index in [0.717, 1.165) is 6.07 Å². The van der Waals surface area contributed by atoms with Gasteiger partial charge in [0.1, 0.15) is 5.56 Å². The first-order valence-electron chi connectivity index (χ1n) is 6.27. The van der Waals surface area contributed by atoms with Gasteiger partial charge in [-0.15, -0.1) is 0 Å². The van der Waals surface area contributed by atoms with Gasteiger partial charge < -0.3 is 10.4 Å². The van der Waals surface area contributed by atoms with Crippen LogP contribution >= 0.6 is 11.6 Å². The predicted molar refractivity (Wildman–Crippen MR) is 76.0 cm³/mol. The molecule has 0 aliphatic heterocycles. The summed E-state index contributed by atoms with van der Waals surface area (Å²) in [6.45, 7) is 3.65. The molecule has 0 radical (unpaired) electrons. The average molecular weight is 301 g/mol. The Morgan fingerprint density at radius 3 is 2.55 bits per heavy atom. The van der Waals surface area contributed by atoms with E-state index in [1.165, 1.54) is 12.1 Å². The molecule has 1 aromatic rings. The minimum absolute atomic E-state index is 0.0403. The molecule has 7 heteroatoms.